The first-order chi connectivity index (χ1) is 15.2. The fourth-order valence-electron chi connectivity index (χ4n) is 3.16. The largest absolute Gasteiger partial charge is 0.494 e. The van der Waals surface area contributed by atoms with E-state index in [2.05, 4.69) is 10.1 Å². The molecule has 1 amide bonds. The highest BCUT2D eigenvalue weighted by molar-refractivity contribution is 6.38. The maximum absolute atomic E-state index is 13.0. The van der Waals surface area contributed by atoms with Crippen LogP contribution in [0.3, 0.4) is 0 Å². The number of hydrogen-bond acceptors (Lipinski definition) is 5. The van der Waals surface area contributed by atoms with Crippen LogP contribution in [-0.4, -0.2) is 26.3 Å². The van der Waals surface area contributed by atoms with Gasteiger partial charge in [-0.15, -0.1) is 0 Å². The lowest BCUT2D eigenvalue weighted by Crippen LogP contribution is -2.30. The van der Waals surface area contributed by atoms with E-state index in [1.165, 1.54) is 24.3 Å². The first-order valence-corrected chi connectivity index (χ1v) is 10.2. The predicted molar refractivity (Wildman–Crippen MR) is 124 cm³/mol. The molecule has 2 aromatic carbocycles. The average molecular weight is 492 g/mol. The molecule has 8 nitrogen and oxygen atoms in total. The molecule has 0 bridgehead atoms. The second kappa shape index (κ2) is 8.31. The molecule has 2 heterocycles. The van der Waals surface area contributed by atoms with Gasteiger partial charge in [0.25, 0.3) is 11.5 Å². The lowest BCUT2D eigenvalue weighted by molar-refractivity contribution is -0.114. The van der Waals surface area contributed by atoms with Crippen LogP contribution in [0.5, 0.6) is 5.88 Å². The summed E-state index contributed by atoms with van der Waals surface area (Å²) in [6, 6.07) is 10.7. The Kier molecular flexibility index (Phi) is 5.68. The maximum atomic E-state index is 13.0. The third-order valence-corrected chi connectivity index (χ3v) is 5.46. The Bertz CT molecular complexity index is 1460. The van der Waals surface area contributed by atoms with Crippen molar-refractivity contribution in [1.82, 2.24) is 9.55 Å². The van der Waals surface area contributed by atoms with Crippen molar-refractivity contribution in [2.24, 2.45) is 5.10 Å². The maximum Gasteiger partial charge on any atom is 0.335 e. The topological polar surface area (TPSA) is 108 Å². The van der Waals surface area contributed by atoms with Gasteiger partial charge in [-0.3, -0.25) is 14.6 Å². The van der Waals surface area contributed by atoms with Crippen LogP contribution >= 0.6 is 34.8 Å². The third-order valence-electron chi connectivity index (χ3n) is 4.67. The number of benzene rings is 2. The number of nitrogens with zero attached hydrogens (tertiary/aromatic N) is 3. The number of carbonyl (C=O) groups is 1. The van der Waals surface area contributed by atoms with E-state index in [9.17, 15) is 19.5 Å². The normalized spacial score (nSPS) is 14.9. The molecule has 3 aromatic rings. The summed E-state index contributed by atoms with van der Waals surface area (Å²) in [7, 11) is 0. The molecule has 1 aliphatic heterocycles. The molecule has 0 aliphatic carbocycles. The van der Waals surface area contributed by atoms with Crippen molar-refractivity contribution >= 4 is 58.2 Å². The van der Waals surface area contributed by atoms with Crippen molar-refractivity contribution < 1.29 is 9.90 Å². The molecule has 4 rings (SSSR count). The van der Waals surface area contributed by atoms with Gasteiger partial charge in [-0.1, -0.05) is 40.9 Å². The lowest BCUT2D eigenvalue weighted by atomic mass is 10.1. The molecule has 0 saturated heterocycles. The number of aromatic hydroxyl groups is 1. The summed E-state index contributed by atoms with van der Waals surface area (Å²) in [6.45, 7) is 1.56. The van der Waals surface area contributed by atoms with Crippen LogP contribution in [0.2, 0.25) is 15.1 Å². The Hall–Kier alpha value is -3.33. The minimum absolute atomic E-state index is 0.0261. The van der Waals surface area contributed by atoms with Gasteiger partial charge in [0, 0.05) is 10.0 Å². The van der Waals surface area contributed by atoms with E-state index in [4.69, 9.17) is 34.8 Å². The Labute approximate surface area is 195 Å². The van der Waals surface area contributed by atoms with Crippen LogP contribution in [0.15, 0.2) is 62.7 Å². The van der Waals surface area contributed by atoms with Gasteiger partial charge in [0.05, 0.1) is 27.7 Å². The standard InChI is InChI=1S/C21H13Cl3N4O4/c1-10-14(20(31)28(26-10)17-8-12(23)5-6-16(17)24)9-15-18(29)25-21(32)27(19(15)30)13-4-2-3-11(22)7-13/h2-9,30H,1H3,(H,25,29,32). The van der Waals surface area contributed by atoms with E-state index < -0.39 is 23.0 Å². The molecular formula is C21H13Cl3N4O4. The molecule has 0 spiro atoms. The smallest absolute Gasteiger partial charge is 0.335 e. The van der Waals surface area contributed by atoms with E-state index in [1.54, 1.807) is 25.1 Å². The molecule has 2 N–H and O–H groups in total. The Morgan fingerprint density at radius 3 is 2.47 bits per heavy atom. The van der Waals surface area contributed by atoms with Gasteiger partial charge >= 0.3 is 5.69 Å². The van der Waals surface area contributed by atoms with Crippen molar-refractivity contribution in [2.75, 3.05) is 5.01 Å². The molecule has 1 aliphatic rings. The second-order valence-corrected chi connectivity index (χ2v) is 8.05. The van der Waals surface area contributed by atoms with E-state index in [-0.39, 0.29) is 33.2 Å². The minimum atomic E-state index is -0.877. The first kappa shape index (κ1) is 21.9. The zero-order valence-electron chi connectivity index (χ0n) is 16.3. The van der Waals surface area contributed by atoms with Crippen LogP contribution in [0.4, 0.5) is 5.69 Å². The van der Waals surface area contributed by atoms with Gasteiger partial charge in [-0.2, -0.15) is 10.1 Å². The van der Waals surface area contributed by atoms with Gasteiger partial charge in [0.15, 0.2) is 0 Å². The number of carbonyl (C=O) groups excluding carboxylic acids is 1. The highest BCUT2D eigenvalue weighted by Crippen LogP contribution is 2.33. The van der Waals surface area contributed by atoms with Crippen LogP contribution in [-0.2, 0) is 4.79 Å². The van der Waals surface area contributed by atoms with Gasteiger partial charge in [-0.05, 0) is 49.4 Å². The Morgan fingerprint density at radius 2 is 1.75 bits per heavy atom. The fraction of sp³-hybridized carbons (Fsp3) is 0.0476. The van der Waals surface area contributed by atoms with Crippen molar-refractivity contribution in [2.45, 2.75) is 6.92 Å². The number of aromatic nitrogens is 2. The molecule has 0 saturated carbocycles. The molecule has 0 fully saturated rings. The van der Waals surface area contributed by atoms with Crippen molar-refractivity contribution in [3.63, 3.8) is 0 Å². The van der Waals surface area contributed by atoms with E-state index in [1.807, 2.05) is 0 Å². The second-order valence-electron chi connectivity index (χ2n) is 6.77. The monoisotopic (exact) mass is 490 g/mol. The molecule has 1 aromatic heterocycles. The summed E-state index contributed by atoms with van der Waals surface area (Å²) < 4.78 is 0.872. The highest BCUT2D eigenvalue weighted by atomic mass is 35.5. The number of rotatable bonds is 3. The predicted octanol–water partition coefficient (Wildman–Crippen LogP) is 4.00. The molecular weight excluding hydrogens is 479 g/mol. The van der Waals surface area contributed by atoms with Crippen LogP contribution in [0.25, 0.3) is 11.8 Å². The number of hydrogen-bond donors (Lipinski definition) is 2. The number of hydrazone groups is 1. The van der Waals surface area contributed by atoms with Crippen LogP contribution in [0, 0.1) is 0 Å². The quantitative estimate of drug-likeness (QED) is 0.540. The zero-order chi connectivity index (χ0) is 23.2. The Balaban J connectivity index is 1.84. The zero-order valence-corrected chi connectivity index (χ0v) is 18.5. The Morgan fingerprint density at radius 1 is 1.03 bits per heavy atom. The summed E-state index contributed by atoms with van der Waals surface area (Å²) in [5.74, 6) is -1.25. The molecule has 0 unspecified atom stereocenters. The van der Waals surface area contributed by atoms with Crippen molar-refractivity contribution in [3.8, 4) is 11.6 Å². The number of halogens is 3. The molecule has 32 heavy (non-hydrogen) atoms. The lowest BCUT2D eigenvalue weighted by Gasteiger charge is -2.14. The fourth-order valence-corrected chi connectivity index (χ4v) is 3.71. The number of nitrogens with one attached hydrogen (secondary N) is 1. The molecule has 0 atom stereocenters. The van der Waals surface area contributed by atoms with Gasteiger partial charge in [-0.25, -0.2) is 9.36 Å². The summed E-state index contributed by atoms with van der Waals surface area (Å²) in [5, 5.41) is 16.9. The minimum Gasteiger partial charge on any atom is -0.494 e. The first-order valence-electron chi connectivity index (χ1n) is 9.08. The van der Waals surface area contributed by atoms with Crippen molar-refractivity contribution in [1.29, 1.82) is 0 Å². The van der Waals surface area contributed by atoms with E-state index in [0.717, 1.165) is 15.7 Å². The number of anilines is 1. The summed E-state index contributed by atoms with van der Waals surface area (Å²) >= 11 is 18.2. The summed E-state index contributed by atoms with van der Waals surface area (Å²) in [4.78, 5) is 40.0. The number of H-pyrrole nitrogens is 1. The SMILES string of the molecule is CC1=NN(c2cc(Cl)ccc2Cl)C(=O)C1=Cc1c(O)n(-c2cccc(Cl)c2)c(=O)[nH]c1=O. The van der Waals surface area contributed by atoms with Gasteiger partial charge in [0.1, 0.15) is 5.56 Å². The molecule has 0 radical (unpaired) electrons. The summed E-state index contributed by atoms with van der Waals surface area (Å²) in [6.07, 6.45) is 1.16. The van der Waals surface area contributed by atoms with Crippen molar-refractivity contribution in [3.05, 3.63) is 89.5 Å². The van der Waals surface area contributed by atoms with Crippen LogP contribution < -0.4 is 16.3 Å². The molecule has 162 valence electrons. The van der Waals surface area contributed by atoms with Gasteiger partial charge in [0.2, 0.25) is 5.88 Å². The number of aromatic amines is 1. The third kappa shape index (κ3) is 3.84. The highest BCUT2D eigenvalue weighted by Gasteiger charge is 2.31. The number of amides is 1. The summed E-state index contributed by atoms with van der Waals surface area (Å²) in [5.41, 5.74) is -1.27. The van der Waals surface area contributed by atoms with E-state index in [0.29, 0.717) is 10.0 Å². The van der Waals surface area contributed by atoms with E-state index >= 15 is 0 Å². The molecule has 11 heteroatoms. The average Bonchev–Trinajstić information content (AvgIpc) is 3.00. The van der Waals surface area contributed by atoms with Crippen LogP contribution in [0.1, 0.15) is 12.5 Å². The van der Waals surface area contributed by atoms with Gasteiger partial charge < -0.3 is 5.11 Å².